The lowest BCUT2D eigenvalue weighted by atomic mass is 9.64. The zero-order valence-corrected chi connectivity index (χ0v) is 9.67. The number of hydrogen-bond donors (Lipinski definition) is 1. The van der Waals surface area contributed by atoms with Crippen molar-refractivity contribution in [2.45, 2.75) is 45.3 Å². The number of rotatable bonds is 3. The van der Waals surface area contributed by atoms with Gasteiger partial charge in [-0.2, -0.15) is 0 Å². The second kappa shape index (κ2) is 3.63. The lowest BCUT2D eigenvalue weighted by molar-refractivity contribution is -0.114. The first kappa shape index (κ1) is 10.7. The van der Waals surface area contributed by atoms with E-state index in [9.17, 15) is 4.79 Å². The second-order valence-corrected chi connectivity index (χ2v) is 5.11. The van der Waals surface area contributed by atoms with E-state index in [1.165, 1.54) is 0 Å². The molecule has 1 saturated carbocycles. The van der Waals surface area contributed by atoms with E-state index in [1.807, 2.05) is 0 Å². The Labute approximate surface area is 90.9 Å². The quantitative estimate of drug-likeness (QED) is 0.768. The Hall–Kier alpha value is -0.830. The van der Waals surface area contributed by atoms with Crippen molar-refractivity contribution in [1.29, 1.82) is 0 Å². The highest BCUT2D eigenvalue weighted by molar-refractivity contribution is 5.92. The van der Waals surface area contributed by atoms with Crippen molar-refractivity contribution >= 4 is 5.78 Å². The fraction of sp³-hybridized carbons (Fsp3) is 0.750. The van der Waals surface area contributed by atoms with Gasteiger partial charge in [-0.05, 0) is 12.8 Å². The van der Waals surface area contributed by atoms with E-state index in [1.54, 1.807) is 13.2 Å². The lowest BCUT2D eigenvalue weighted by Crippen LogP contribution is -2.60. The Balaban J connectivity index is 1.93. The monoisotopic (exact) mass is 209 g/mol. The zero-order valence-electron chi connectivity index (χ0n) is 9.67. The maximum Gasteiger partial charge on any atom is 0.157 e. The van der Waals surface area contributed by atoms with Gasteiger partial charge in [-0.25, -0.2) is 0 Å². The first-order chi connectivity index (χ1) is 7.04. The molecule has 2 rings (SSSR count). The molecular weight excluding hydrogens is 190 g/mol. The minimum absolute atomic E-state index is 0.168. The van der Waals surface area contributed by atoms with Gasteiger partial charge in [0.1, 0.15) is 0 Å². The van der Waals surface area contributed by atoms with Gasteiger partial charge in [0, 0.05) is 36.8 Å². The molecule has 3 nitrogen and oxygen atoms in total. The van der Waals surface area contributed by atoms with Gasteiger partial charge in [-0.3, -0.25) is 4.79 Å². The van der Waals surface area contributed by atoms with Crippen molar-refractivity contribution in [3.8, 4) is 0 Å². The van der Waals surface area contributed by atoms with Crippen LogP contribution in [0.3, 0.4) is 0 Å². The molecular formula is C12H19NO2. The summed E-state index contributed by atoms with van der Waals surface area (Å²) in [6.45, 7) is 4.42. The smallest absolute Gasteiger partial charge is 0.157 e. The van der Waals surface area contributed by atoms with E-state index in [2.05, 4.69) is 19.2 Å². The minimum Gasteiger partial charge on any atom is -0.385 e. The summed E-state index contributed by atoms with van der Waals surface area (Å²) in [5, 5.41) is 3.46. The van der Waals surface area contributed by atoms with Crippen LogP contribution in [0.1, 0.15) is 33.1 Å². The van der Waals surface area contributed by atoms with Crippen LogP contribution < -0.4 is 5.32 Å². The van der Waals surface area contributed by atoms with Crippen molar-refractivity contribution in [3.63, 3.8) is 0 Å². The van der Waals surface area contributed by atoms with Gasteiger partial charge in [-0.1, -0.05) is 13.8 Å². The average Bonchev–Trinajstić information content (AvgIpc) is 2.58. The van der Waals surface area contributed by atoms with Gasteiger partial charge in [0.05, 0.1) is 6.10 Å². The Morgan fingerprint density at radius 2 is 2.20 bits per heavy atom. The van der Waals surface area contributed by atoms with Crippen LogP contribution in [-0.4, -0.2) is 25.0 Å². The molecule has 0 aromatic heterocycles. The van der Waals surface area contributed by atoms with Crippen molar-refractivity contribution in [2.75, 3.05) is 7.11 Å². The molecule has 2 aliphatic carbocycles. The first-order valence-electron chi connectivity index (χ1n) is 5.57. The highest BCUT2D eigenvalue weighted by atomic mass is 16.5. The molecule has 0 aromatic rings. The van der Waals surface area contributed by atoms with Crippen LogP contribution in [-0.2, 0) is 9.53 Å². The molecule has 84 valence electrons. The van der Waals surface area contributed by atoms with Gasteiger partial charge in [0.2, 0.25) is 0 Å². The van der Waals surface area contributed by atoms with Crippen molar-refractivity contribution < 1.29 is 9.53 Å². The molecule has 2 unspecified atom stereocenters. The van der Waals surface area contributed by atoms with E-state index in [4.69, 9.17) is 4.74 Å². The van der Waals surface area contributed by atoms with Crippen LogP contribution in [0.5, 0.6) is 0 Å². The van der Waals surface area contributed by atoms with Gasteiger partial charge < -0.3 is 10.1 Å². The summed E-state index contributed by atoms with van der Waals surface area (Å²) >= 11 is 0. The van der Waals surface area contributed by atoms with Gasteiger partial charge >= 0.3 is 0 Å². The number of hydrogen-bond acceptors (Lipinski definition) is 3. The Morgan fingerprint density at radius 3 is 2.67 bits per heavy atom. The van der Waals surface area contributed by atoms with Gasteiger partial charge in [0.25, 0.3) is 0 Å². The van der Waals surface area contributed by atoms with Crippen molar-refractivity contribution in [2.24, 2.45) is 5.41 Å². The van der Waals surface area contributed by atoms with E-state index in [-0.39, 0.29) is 11.2 Å². The van der Waals surface area contributed by atoms with Crippen LogP contribution >= 0.6 is 0 Å². The molecule has 0 bridgehead atoms. The van der Waals surface area contributed by atoms with E-state index in [0.717, 1.165) is 18.5 Å². The Kier molecular flexibility index (Phi) is 2.59. The summed E-state index contributed by atoms with van der Waals surface area (Å²) < 4.78 is 5.39. The van der Waals surface area contributed by atoms with Crippen LogP contribution in [0.15, 0.2) is 11.8 Å². The zero-order chi connectivity index (χ0) is 11.1. The van der Waals surface area contributed by atoms with Gasteiger partial charge in [-0.15, -0.1) is 0 Å². The normalized spacial score (nSPS) is 33.5. The molecule has 0 heterocycles. The maximum atomic E-state index is 11.1. The molecule has 0 aliphatic heterocycles. The Morgan fingerprint density at radius 1 is 1.47 bits per heavy atom. The largest absolute Gasteiger partial charge is 0.385 e. The third-order valence-electron chi connectivity index (χ3n) is 3.80. The molecule has 0 aromatic carbocycles. The number of carbonyl (C=O) groups is 1. The fourth-order valence-corrected chi connectivity index (χ4v) is 2.46. The fourth-order valence-electron chi connectivity index (χ4n) is 2.46. The number of carbonyl (C=O) groups excluding carboxylic acids is 1. The summed E-state index contributed by atoms with van der Waals surface area (Å²) in [7, 11) is 1.76. The van der Waals surface area contributed by atoms with Crippen molar-refractivity contribution in [1.82, 2.24) is 5.32 Å². The summed E-state index contributed by atoms with van der Waals surface area (Å²) in [6, 6.07) is 0.444. The molecule has 0 radical (unpaired) electrons. The predicted molar refractivity (Wildman–Crippen MR) is 58.4 cm³/mol. The summed E-state index contributed by atoms with van der Waals surface area (Å²) in [6.07, 6.45) is 4.67. The number of nitrogens with one attached hydrogen (secondary N) is 1. The lowest BCUT2D eigenvalue weighted by Gasteiger charge is -2.51. The molecule has 2 atom stereocenters. The predicted octanol–water partition coefficient (Wildman–Crippen LogP) is 1.64. The maximum absolute atomic E-state index is 11.1. The molecule has 0 spiro atoms. The SMILES string of the molecule is COC1CC(NC2=CC(=O)CC2)C1(C)C. The first-order valence-corrected chi connectivity index (χ1v) is 5.57. The minimum atomic E-state index is 0.168. The molecule has 3 heteroatoms. The number of allylic oxidation sites excluding steroid dienone is 2. The van der Waals surface area contributed by atoms with E-state index < -0.39 is 0 Å². The summed E-state index contributed by atoms with van der Waals surface area (Å²) in [5.41, 5.74) is 1.27. The highest BCUT2D eigenvalue weighted by Crippen LogP contribution is 2.43. The van der Waals surface area contributed by atoms with Crippen molar-refractivity contribution in [3.05, 3.63) is 11.8 Å². The summed E-state index contributed by atoms with van der Waals surface area (Å²) in [4.78, 5) is 11.1. The molecule has 0 saturated heterocycles. The van der Waals surface area contributed by atoms with Gasteiger partial charge in [0.15, 0.2) is 5.78 Å². The third-order valence-corrected chi connectivity index (χ3v) is 3.80. The van der Waals surface area contributed by atoms with Crippen LogP contribution in [0.25, 0.3) is 0 Å². The van der Waals surface area contributed by atoms with E-state index >= 15 is 0 Å². The molecule has 15 heavy (non-hydrogen) atoms. The number of ketones is 1. The summed E-state index contributed by atoms with van der Waals surface area (Å²) in [5.74, 6) is 0.248. The van der Waals surface area contributed by atoms with Crippen LogP contribution in [0.4, 0.5) is 0 Å². The van der Waals surface area contributed by atoms with Crippen LogP contribution in [0.2, 0.25) is 0 Å². The Bertz CT molecular complexity index is 307. The van der Waals surface area contributed by atoms with Crippen LogP contribution in [0, 0.1) is 5.41 Å². The standard InChI is InChI=1S/C12H19NO2/c1-12(2)10(7-11(12)15-3)13-8-4-5-9(14)6-8/h6,10-11,13H,4-5,7H2,1-3H3. The molecule has 1 fully saturated rings. The molecule has 0 amide bonds. The molecule has 2 aliphatic rings. The number of methoxy groups -OCH3 is 1. The highest BCUT2D eigenvalue weighted by Gasteiger charge is 2.48. The molecule has 1 N–H and O–H groups in total. The van der Waals surface area contributed by atoms with E-state index in [0.29, 0.717) is 18.6 Å². The second-order valence-electron chi connectivity index (χ2n) is 5.11. The third kappa shape index (κ3) is 1.81. The average molecular weight is 209 g/mol. The topological polar surface area (TPSA) is 38.3 Å². The number of ether oxygens (including phenoxy) is 1.